The van der Waals surface area contributed by atoms with Crippen molar-refractivity contribution in [2.24, 2.45) is 0 Å². The van der Waals surface area contributed by atoms with Crippen molar-refractivity contribution in [1.29, 1.82) is 0 Å². The lowest BCUT2D eigenvalue weighted by Crippen LogP contribution is -2.56. The fraction of sp³-hybridized carbons (Fsp3) is 0.609. The van der Waals surface area contributed by atoms with E-state index in [0.717, 1.165) is 38.5 Å². The van der Waals surface area contributed by atoms with Crippen LogP contribution < -0.4 is 15.4 Å². The van der Waals surface area contributed by atoms with Gasteiger partial charge >= 0.3 is 5.97 Å². The van der Waals surface area contributed by atoms with E-state index >= 15 is 0 Å². The number of hydrogen-bond acceptors (Lipinski definition) is 7. The van der Waals surface area contributed by atoms with Gasteiger partial charge in [0.25, 0.3) is 5.91 Å². The molecule has 11 heteroatoms. The van der Waals surface area contributed by atoms with Gasteiger partial charge in [-0.3, -0.25) is 9.59 Å². The van der Waals surface area contributed by atoms with Crippen LogP contribution in [-0.2, 0) is 29.1 Å². The van der Waals surface area contributed by atoms with E-state index in [-0.39, 0.29) is 22.2 Å². The Labute approximate surface area is 200 Å². The zero-order chi connectivity index (χ0) is 24.8. The van der Waals surface area contributed by atoms with E-state index in [4.69, 9.17) is 9.47 Å². The first-order valence-corrected chi connectivity index (χ1v) is 13.1. The second kappa shape index (κ2) is 11.2. The highest BCUT2D eigenvalue weighted by Crippen LogP contribution is 2.32. The van der Waals surface area contributed by atoms with Gasteiger partial charge in [-0.2, -0.15) is 4.31 Å². The van der Waals surface area contributed by atoms with Crippen LogP contribution in [0.2, 0.25) is 0 Å². The Kier molecular flexibility index (Phi) is 8.53. The number of carbonyl (C=O) groups excluding carboxylic acids is 3. The molecule has 1 aliphatic heterocycles. The third kappa shape index (κ3) is 6.06. The van der Waals surface area contributed by atoms with E-state index in [2.05, 4.69) is 10.6 Å². The van der Waals surface area contributed by atoms with E-state index in [1.807, 2.05) is 0 Å². The van der Waals surface area contributed by atoms with Crippen LogP contribution >= 0.6 is 0 Å². The molecule has 0 aromatic heterocycles. The summed E-state index contributed by atoms with van der Waals surface area (Å²) in [5.41, 5.74) is -0.869. The molecule has 2 aliphatic rings. The quantitative estimate of drug-likeness (QED) is 0.529. The highest BCUT2D eigenvalue weighted by molar-refractivity contribution is 7.89. The normalized spacial score (nSPS) is 18.5. The number of sulfonamides is 1. The van der Waals surface area contributed by atoms with E-state index in [1.165, 1.54) is 36.5 Å². The van der Waals surface area contributed by atoms with E-state index in [9.17, 15) is 22.8 Å². The number of esters is 1. The molecule has 0 atom stereocenters. The van der Waals surface area contributed by atoms with Crippen LogP contribution in [0.1, 0.15) is 58.3 Å². The first kappa shape index (κ1) is 26.0. The second-order valence-electron chi connectivity index (χ2n) is 8.78. The molecule has 2 N–H and O–H groups in total. The van der Waals surface area contributed by atoms with Crippen molar-refractivity contribution in [3.05, 3.63) is 18.2 Å². The Balaban J connectivity index is 1.68. The molecule has 34 heavy (non-hydrogen) atoms. The summed E-state index contributed by atoms with van der Waals surface area (Å²) in [5, 5.41) is 5.28. The lowest BCUT2D eigenvalue weighted by Gasteiger charge is -2.35. The second-order valence-corrected chi connectivity index (χ2v) is 10.7. The standard InChI is InChI=1S/C23H33N3O7S/c1-17(27)25-23(11-5-3-6-12-23)22(29)33-16-21(28)24-18-9-10-19(32-2)20(15-18)34(30,31)26-13-7-4-8-14-26/h9-10,15H,3-8,11-14,16H2,1-2H3,(H,24,28)(H,25,27). The molecule has 0 spiro atoms. The van der Waals surface area contributed by atoms with Crippen LogP contribution in [0.25, 0.3) is 0 Å². The Hall–Kier alpha value is -2.66. The number of amides is 2. The highest BCUT2D eigenvalue weighted by Gasteiger charge is 2.42. The Morgan fingerprint density at radius 3 is 2.29 bits per heavy atom. The SMILES string of the molecule is COc1ccc(NC(=O)COC(=O)C2(NC(C)=O)CCCCC2)cc1S(=O)(=O)N1CCCCC1. The van der Waals surface area contributed by atoms with Gasteiger partial charge in [0.15, 0.2) is 6.61 Å². The Bertz CT molecular complexity index is 1010. The fourth-order valence-electron chi connectivity index (χ4n) is 4.54. The van der Waals surface area contributed by atoms with Crippen molar-refractivity contribution in [3.8, 4) is 5.75 Å². The summed E-state index contributed by atoms with van der Waals surface area (Å²) in [6.07, 6.45) is 6.03. The Morgan fingerprint density at radius 2 is 1.68 bits per heavy atom. The van der Waals surface area contributed by atoms with Gasteiger partial charge in [0.05, 0.1) is 7.11 Å². The third-order valence-corrected chi connectivity index (χ3v) is 8.15. The number of carbonyl (C=O) groups is 3. The number of anilines is 1. The summed E-state index contributed by atoms with van der Waals surface area (Å²) in [6, 6.07) is 4.35. The minimum Gasteiger partial charge on any atom is -0.495 e. The maximum atomic E-state index is 13.1. The highest BCUT2D eigenvalue weighted by atomic mass is 32.2. The maximum absolute atomic E-state index is 13.1. The number of piperidine rings is 1. The average Bonchev–Trinajstić information content (AvgIpc) is 2.83. The first-order valence-electron chi connectivity index (χ1n) is 11.6. The zero-order valence-electron chi connectivity index (χ0n) is 19.7. The van der Waals surface area contributed by atoms with Crippen molar-refractivity contribution in [1.82, 2.24) is 9.62 Å². The molecule has 1 aromatic rings. The number of ether oxygens (including phenoxy) is 2. The largest absolute Gasteiger partial charge is 0.495 e. The molecule has 2 amide bonds. The number of methoxy groups -OCH3 is 1. The summed E-state index contributed by atoms with van der Waals surface area (Å²) in [4.78, 5) is 36.8. The van der Waals surface area contributed by atoms with E-state index in [0.29, 0.717) is 25.9 Å². The van der Waals surface area contributed by atoms with Crippen molar-refractivity contribution in [2.45, 2.75) is 68.7 Å². The van der Waals surface area contributed by atoms with Gasteiger partial charge in [0.1, 0.15) is 16.2 Å². The summed E-state index contributed by atoms with van der Waals surface area (Å²) >= 11 is 0. The van der Waals surface area contributed by atoms with Crippen molar-refractivity contribution in [3.63, 3.8) is 0 Å². The molecule has 2 fully saturated rings. The van der Waals surface area contributed by atoms with Crippen LogP contribution in [0.3, 0.4) is 0 Å². The molecule has 3 rings (SSSR count). The maximum Gasteiger partial charge on any atom is 0.332 e. The molecule has 1 saturated carbocycles. The summed E-state index contributed by atoms with van der Waals surface area (Å²) in [7, 11) is -2.40. The summed E-state index contributed by atoms with van der Waals surface area (Å²) in [5.74, 6) is -1.40. The minimum atomic E-state index is -3.79. The van der Waals surface area contributed by atoms with Crippen LogP contribution in [-0.4, -0.2) is 62.9 Å². The van der Waals surface area contributed by atoms with Crippen LogP contribution in [0.4, 0.5) is 5.69 Å². The molecule has 1 aliphatic carbocycles. The van der Waals surface area contributed by atoms with Crippen molar-refractivity contribution in [2.75, 3.05) is 32.1 Å². The minimum absolute atomic E-state index is 0.0292. The van der Waals surface area contributed by atoms with Gasteiger partial charge in [-0.1, -0.05) is 25.7 Å². The van der Waals surface area contributed by atoms with Crippen LogP contribution in [0, 0.1) is 0 Å². The molecule has 10 nitrogen and oxygen atoms in total. The number of hydrogen-bond donors (Lipinski definition) is 2. The van der Waals surface area contributed by atoms with Crippen LogP contribution in [0.5, 0.6) is 5.75 Å². The lowest BCUT2D eigenvalue weighted by molar-refractivity contribution is -0.157. The zero-order valence-corrected chi connectivity index (χ0v) is 20.5. The molecule has 1 saturated heterocycles. The number of rotatable bonds is 8. The average molecular weight is 496 g/mol. The number of benzene rings is 1. The molecule has 0 unspecified atom stereocenters. The van der Waals surface area contributed by atoms with Crippen LogP contribution in [0.15, 0.2) is 23.1 Å². The van der Waals surface area contributed by atoms with Gasteiger partial charge in [-0.25, -0.2) is 13.2 Å². The molecule has 1 aromatic carbocycles. The van der Waals surface area contributed by atoms with Gasteiger partial charge < -0.3 is 20.1 Å². The molecular formula is C23H33N3O7S. The molecule has 0 bridgehead atoms. The summed E-state index contributed by atoms with van der Waals surface area (Å²) in [6.45, 7) is 1.66. The van der Waals surface area contributed by atoms with Crippen molar-refractivity contribution >= 4 is 33.5 Å². The van der Waals surface area contributed by atoms with Crippen molar-refractivity contribution < 1.29 is 32.3 Å². The van der Waals surface area contributed by atoms with Gasteiger partial charge in [0.2, 0.25) is 15.9 Å². The predicted molar refractivity (Wildman–Crippen MR) is 125 cm³/mol. The van der Waals surface area contributed by atoms with E-state index in [1.54, 1.807) is 0 Å². The number of nitrogens with zero attached hydrogens (tertiary/aromatic N) is 1. The summed E-state index contributed by atoms with van der Waals surface area (Å²) < 4.78 is 38.2. The van der Waals surface area contributed by atoms with Gasteiger partial charge in [0, 0.05) is 25.7 Å². The smallest absolute Gasteiger partial charge is 0.332 e. The fourth-order valence-corrected chi connectivity index (χ4v) is 6.24. The third-order valence-electron chi connectivity index (χ3n) is 6.23. The Morgan fingerprint density at radius 1 is 1.03 bits per heavy atom. The first-order chi connectivity index (χ1) is 16.2. The predicted octanol–water partition coefficient (Wildman–Crippen LogP) is 2.19. The molecular weight excluding hydrogens is 462 g/mol. The lowest BCUT2D eigenvalue weighted by atomic mass is 9.81. The molecule has 188 valence electrons. The number of nitrogens with one attached hydrogen (secondary N) is 2. The van der Waals surface area contributed by atoms with Gasteiger partial charge in [-0.05, 0) is 43.9 Å². The molecule has 1 heterocycles. The topological polar surface area (TPSA) is 131 Å². The van der Waals surface area contributed by atoms with E-state index < -0.39 is 34.0 Å². The van der Waals surface area contributed by atoms with Gasteiger partial charge in [-0.15, -0.1) is 0 Å². The molecule has 0 radical (unpaired) electrons. The monoisotopic (exact) mass is 495 g/mol.